The number of nitrogens with zero attached hydrogens (tertiary/aromatic N) is 4. The summed E-state index contributed by atoms with van der Waals surface area (Å²) in [6, 6.07) is 7.77. The zero-order chi connectivity index (χ0) is 15.5. The van der Waals surface area contributed by atoms with E-state index in [1.54, 1.807) is 18.0 Å². The number of fused-ring (bicyclic) bond motifs is 1. The topological polar surface area (TPSA) is 104 Å². The van der Waals surface area contributed by atoms with E-state index in [0.29, 0.717) is 22.4 Å². The first-order valence-corrected chi connectivity index (χ1v) is 8.02. The van der Waals surface area contributed by atoms with Gasteiger partial charge >= 0.3 is 0 Å². The maximum absolute atomic E-state index is 6.30. The number of benzene rings is 1. The molecule has 6 nitrogen and oxygen atoms in total. The Bertz CT molecular complexity index is 805. The number of anilines is 2. The van der Waals surface area contributed by atoms with Gasteiger partial charge in [0.1, 0.15) is 5.82 Å². The Hall–Kier alpha value is -2.12. The molecule has 2 aromatic heterocycles. The minimum atomic E-state index is 0.132. The Morgan fingerprint density at radius 3 is 2.55 bits per heavy atom. The average Bonchev–Trinajstić information content (AvgIpc) is 2.48. The Morgan fingerprint density at radius 2 is 1.77 bits per heavy atom. The monoisotopic (exact) mass is 332 g/mol. The van der Waals surface area contributed by atoms with E-state index in [9.17, 15) is 0 Å². The van der Waals surface area contributed by atoms with Crippen LogP contribution in [0.2, 0.25) is 5.02 Å². The number of pyridine rings is 1. The lowest BCUT2D eigenvalue weighted by molar-refractivity contribution is 0.987. The standard InChI is InChI=1S/C14H13ClN6S/c15-10-4-3-8-2-1-5-18-12(8)9(10)6-22-7-11-19-13(16)21-14(17)20-11/h1-5H,6-7H2,(H4,16,17,19,20,21). The van der Waals surface area contributed by atoms with Crippen LogP contribution in [0.15, 0.2) is 30.5 Å². The SMILES string of the molecule is Nc1nc(N)nc(CSCc2c(Cl)ccc3cccnc23)n1. The second kappa shape index (κ2) is 6.33. The van der Waals surface area contributed by atoms with E-state index in [1.807, 2.05) is 24.3 Å². The Kier molecular flexibility index (Phi) is 4.26. The first-order chi connectivity index (χ1) is 10.6. The number of aromatic nitrogens is 4. The van der Waals surface area contributed by atoms with Gasteiger partial charge in [-0.2, -0.15) is 15.0 Å². The van der Waals surface area contributed by atoms with Crippen LogP contribution in [0.1, 0.15) is 11.4 Å². The Balaban J connectivity index is 1.78. The summed E-state index contributed by atoms with van der Waals surface area (Å²) < 4.78 is 0. The number of nitrogens with two attached hydrogens (primary N) is 2. The summed E-state index contributed by atoms with van der Waals surface area (Å²) >= 11 is 7.92. The van der Waals surface area contributed by atoms with E-state index in [2.05, 4.69) is 19.9 Å². The lowest BCUT2D eigenvalue weighted by Crippen LogP contribution is -2.06. The third kappa shape index (κ3) is 3.20. The highest BCUT2D eigenvalue weighted by molar-refractivity contribution is 7.97. The maximum Gasteiger partial charge on any atom is 0.225 e. The van der Waals surface area contributed by atoms with Gasteiger partial charge in [-0.1, -0.05) is 23.7 Å². The first-order valence-electron chi connectivity index (χ1n) is 6.49. The van der Waals surface area contributed by atoms with Gasteiger partial charge in [-0.15, -0.1) is 11.8 Å². The molecular weight excluding hydrogens is 320 g/mol. The summed E-state index contributed by atoms with van der Waals surface area (Å²) in [7, 11) is 0. The molecule has 0 aliphatic carbocycles. The van der Waals surface area contributed by atoms with Gasteiger partial charge in [-0.25, -0.2) is 0 Å². The molecule has 112 valence electrons. The van der Waals surface area contributed by atoms with Gasteiger partial charge in [0.15, 0.2) is 0 Å². The van der Waals surface area contributed by atoms with E-state index >= 15 is 0 Å². The average molecular weight is 333 g/mol. The smallest absolute Gasteiger partial charge is 0.225 e. The van der Waals surface area contributed by atoms with E-state index in [0.717, 1.165) is 16.5 Å². The molecule has 0 saturated carbocycles. The largest absolute Gasteiger partial charge is 0.368 e. The van der Waals surface area contributed by atoms with E-state index in [-0.39, 0.29) is 11.9 Å². The predicted molar refractivity (Wildman–Crippen MR) is 90.4 cm³/mol. The van der Waals surface area contributed by atoms with Crippen molar-refractivity contribution in [3.05, 3.63) is 46.9 Å². The fraction of sp³-hybridized carbons (Fsp3) is 0.143. The fourth-order valence-corrected chi connectivity index (χ4v) is 3.29. The molecule has 4 N–H and O–H groups in total. The highest BCUT2D eigenvalue weighted by atomic mass is 35.5. The second-order valence-electron chi connectivity index (χ2n) is 4.56. The van der Waals surface area contributed by atoms with Crippen molar-refractivity contribution in [2.24, 2.45) is 0 Å². The van der Waals surface area contributed by atoms with Crippen LogP contribution in [0.25, 0.3) is 10.9 Å². The number of nitrogen functional groups attached to an aromatic ring is 2. The summed E-state index contributed by atoms with van der Waals surface area (Å²) in [6.07, 6.45) is 1.76. The molecule has 0 aliphatic rings. The molecule has 2 heterocycles. The van der Waals surface area contributed by atoms with E-state index < -0.39 is 0 Å². The highest BCUT2D eigenvalue weighted by Gasteiger charge is 2.09. The van der Waals surface area contributed by atoms with Crippen LogP contribution in [0, 0.1) is 0 Å². The molecule has 8 heteroatoms. The molecule has 0 unspecified atom stereocenters. The molecule has 0 fully saturated rings. The van der Waals surface area contributed by atoms with E-state index in [4.69, 9.17) is 23.1 Å². The molecule has 0 atom stereocenters. The summed E-state index contributed by atoms with van der Waals surface area (Å²) in [5.74, 6) is 2.08. The summed E-state index contributed by atoms with van der Waals surface area (Å²) in [5, 5.41) is 1.77. The maximum atomic E-state index is 6.30. The number of hydrogen-bond acceptors (Lipinski definition) is 7. The normalized spacial score (nSPS) is 11.0. The van der Waals surface area contributed by atoms with Crippen molar-refractivity contribution >= 4 is 46.2 Å². The highest BCUT2D eigenvalue weighted by Crippen LogP contribution is 2.29. The quantitative estimate of drug-likeness (QED) is 0.756. The van der Waals surface area contributed by atoms with Crippen molar-refractivity contribution in [3.8, 4) is 0 Å². The van der Waals surface area contributed by atoms with Gasteiger partial charge in [0.2, 0.25) is 11.9 Å². The predicted octanol–water partition coefficient (Wildman–Crippen LogP) is 2.67. The summed E-state index contributed by atoms with van der Waals surface area (Å²) in [6.45, 7) is 0. The Labute approximate surface area is 136 Å². The lowest BCUT2D eigenvalue weighted by Gasteiger charge is -2.08. The molecule has 3 rings (SSSR count). The number of thioether (sulfide) groups is 1. The molecular formula is C14H13ClN6S. The number of rotatable bonds is 4. The van der Waals surface area contributed by atoms with Crippen LogP contribution in [-0.2, 0) is 11.5 Å². The zero-order valence-corrected chi connectivity index (χ0v) is 13.1. The first kappa shape index (κ1) is 14.8. The molecule has 0 bridgehead atoms. The molecule has 0 saturated heterocycles. The van der Waals surface area contributed by atoms with Gasteiger partial charge in [-0.3, -0.25) is 4.98 Å². The molecule has 0 amide bonds. The van der Waals surface area contributed by atoms with Crippen LogP contribution in [-0.4, -0.2) is 19.9 Å². The number of hydrogen-bond donors (Lipinski definition) is 2. The van der Waals surface area contributed by atoms with Crippen LogP contribution in [0.5, 0.6) is 0 Å². The van der Waals surface area contributed by atoms with Crippen LogP contribution in [0.4, 0.5) is 11.9 Å². The minimum Gasteiger partial charge on any atom is -0.368 e. The third-order valence-electron chi connectivity index (χ3n) is 3.02. The van der Waals surface area contributed by atoms with Crippen molar-refractivity contribution in [3.63, 3.8) is 0 Å². The van der Waals surface area contributed by atoms with Gasteiger partial charge in [0.05, 0.1) is 11.3 Å². The lowest BCUT2D eigenvalue weighted by atomic mass is 10.1. The molecule has 1 aromatic carbocycles. The molecule has 0 radical (unpaired) electrons. The van der Waals surface area contributed by atoms with Gasteiger partial charge in [0.25, 0.3) is 0 Å². The summed E-state index contributed by atoms with van der Waals surface area (Å²) in [5.41, 5.74) is 13.0. The zero-order valence-electron chi connectivity index (χ0n) is 11.5. The van der Waals surface area contributed by atoms with Crippen LogP contribution in [0.3, 0.4) is 0 Å². The summed E-state index contributed by atoms with van der Waals surface area (Å²) in [4.78, 5) is 16.3. The Morgan fingerprint density at radius 1 is 1.00 bits per heavy atom. The van der Waals surface area contributed by atoms with Gasteiger partial charge in [-0.05, 0) is 12.1 Å². The van der Waals surface area contributed by atoms with Crippen LogP contribution >= 0.6 is 23.4 Å². The minimum absolute atomic E-state index is 0.132. The van der Waals surface area contributed by atoms with Gasteiger partial charge in [0, 0.05) is 27.9 Å². The van der Waals surface area contributed by atoms with Crippen LogP contribution < -0.4 is 11.5 Å². The molecule has 3 aromatic rings. The molecule has 0 spiro atoms. The third-order valence-corrected chi connectivity index (χ3v) is 4.33. The van der Waals surface area contributed by atoms with Crippen molar-refractivity contribution in [2.45, 2.75) is 11.5 Å². The van der Waals surface area contributed by atoms with Crippen molar-refractivity contribution < 1.29 is 0 Å². The fourth-order valence-electron chi connectivity index (χ4n) is 2.08. The van der Waals surface area contributed by atoms with Crippen molar-refractivity contribution in [1.29, 1.82) is 0 Å². The van der Waals surface area contributed by atoms with Gasteiger partial charge < -0.3 is 11.5 Å². The number of halogens is 1. The van der Waals surface area contributed by atoms with Crippen molar-refractivity contribution in [2.75, 3.05) is 11.5 Å². The second-order valence-corrected chi connectivity index (χ2v) is 5.95. The van der Waals surface area contributed by atoms with E-state index in [1.165, 1.54) is 0 Å². The van der Waals surface area contributed by atoms with Crippen molar-refractivity contribution in [1.82, 2.24) is 19.9 Å². The molecule has 0 aliphatic heterocycles. The molecule has 22 heavy (non-hydrogen) atoms.